The van der Waals surface area contributed by atoms with Crippen molar-refractivity contribution in [2.45, 2.75) is 42.9 Å². The average molecular weight is 521 g/mol. The third kappa shape index (κ3) is 4.99. The lowest BCUT2D eigenvalue weighted by atomic mass is 10.2. The van der Waals surface area contributed by atoms with Crippen LogP contribution in [0.4, 0.5) is 10.5 Å². The van der Waals surface area contributed by atoms with E-state index >= 15 is 0 Å². The van der Waals surface area contributed by atoms with Crippen LogP contribution in [0.2, 0.25) is 0 Å². The number of rotatable bonds is 6. The number of carbonyl (C=O) groups is 1. The Kier molecular flexibility index (Phi) is 6.18. The third-order valence-electron chi connectivity index (χ3n) is 4.71. The number of thiazole rings is 1. The Morgan fingerprint density at radius 3 is 2.55 bits per heavy atom. The zero-order valence-corrected chi connectivity index (χ0v) is 20.2. The molecule has 0 unspecified atom stereocenters. The summed E-state index contributed by atoms with van der Waals surface area (Å²) in [6, 6.07) is 12.6. The summed E-state index contributed by atoms with van der Waals surface area (Å²) in [4.78, 5) is 17.4. The molecule has 1 heterocycles. The Morgan fingerprint density at radius 1 is 1.19 bits per heavy atom. The first-order chi connectivity index (χ1) is 14.7. The number of carbonyl (C=O) groups excluding carboxylic acids is 1. The summed E-state index contributed by atoms with van der Waals surface area (Å²) < 4.78 is 31.7. The molecule has 1 N–H and O–H groups in total. The molecule has 162 valence electrons. The molecule has 1 amide bonds. The summed E-state index contributed by atoms with van der Waals surface area (Å²) in [7, 11) is -3.35. The van der Waals surface area contributed by atoms with Crippen LogP contribution in [0.1, 0.15) is 26.7 Å². The number of nitrogens with one attached hydrogen (secondary N) is 1. The lowest BCUT2D eigenvalue weighted by Gasteiger charge is -2.09. The van der Waals surface area contributed by atoms with E-state index in [1.54, 1.807) is 38.2 Å². The van der Waals surface area contributed by atoms with Gasteiger partial charge < -0.3 is 4.74 Å². The molecule has 1 fully saturated rings. The predicted molar refractivity (Wildman–Crippen MR) is 126 cm³/mol. The highest BCUT2D eigenvalue weighted by Crippen LogP contribution is 2.41. The van der Waals surface area contributed by atoms with Gasteiger partial charge in [0.2, 0.25) is 0 Å². The highest BCUT2D eigenvalue weighted by molar-refractivity contribution is 9.10. The third-order valence-corrected chi connectivity index (χ3v) is 8.58. The van der Waals surface area contributed by atoms with Crippen LogP contribution in [0.5, 0.6) is 0 Å². The van der Waals surface area contributed by atoms with Crippen LogP contribution in [0.15, 0.2) is 58.0 Å². The minimum absolute atomic E-state index is 0.194. The van der Waals surface area contributed by atoms with Crippen LogP contribution in [0, 0.1) is 0 Å². The Bertz CT molecular complexity index is 1220. The Labute approximate surface area is 193 Å². The first kappa shape index (κ1) is 22.0. The quantitative estimate of drug-likeness (QED) is 0.422. The topological polar surface area (TPSA) is 85.4 Å². The van der Waals surface area contributed by atoms with E-state index in [2.05, 4.69) is 26.2 Å². The van der Waals surface area contributed by atoms with Gasteiger partial charge in [-0.2, -0.15) is 0 Å². The SMILES string of the molecule is CC(C)OC(=O)Nc1ccc(-c2ncc(-c3ccc(Br)cc3S(=O)(=O)C3CC3)s2)cc1. The van der Waals surface area contributed by atoms with Crippen LogP contribution in [-0.2, 0) is 14.6 Å². The van der Waals surface area contributed by atoms with E-state index in [-0.39, 0.29) is 11.4 Å². The number of sulfone groups is 1. The van der Waals surface area contributed by atoms with E-state index in [0.29, 0.717) is 29.0 Å². The molecule has 6 nitrogen and oxygen atoms in total. The van der Waals surface area contributed by atoms with Gasteiger partial charge >= 0.3 is 6.09 Å². The van der Waals surface area contributed by atoms with Crippen molar-refractivity contribution < 1.29 is 17.9 Å². The van der Waals surface area contributed by atoms with Crippen molar-refractivity contribution in [3.63, 3.8) is 0 Å². The summed E-state index contributed by atoms with van der Waals surface area (Å²) in [5, 5.41) is 3.17. The fourth-order valence-electron chi connectivity index (χ4n) is 3.08. The molecule has 0 spiro atoms. The van der Waals surface area contributed by atoms with Crippen LogP contribution in [0.3, 0.4) is 0 Å². The fourth-order valence-corrected chi connectivity index (χ4v) is 6.51. The summed E-state index contributed by atoms with van der Waals surface area (Å²) >= 11 is 4.83. The molecule has 0 radical (unpaired) electrons. The van der Waals surface area contributed by atoms with Crippen LogP contribution >= 0.6 is 27.3 Å². The molecule has 0 bridgehead atoms. The number of benzene rings is 2. The molecule has 9 heteroatoms. The summed E-state index contributed by atoms with van der Waals surface area (Å²) in [5.41, 5.74) is 2.17. The minimum atomic E-state index is -3.35. The maximum atomic E-state index is 12.9. The molecule has 0 saturated heterocycles. The molecule has 0 aliphatic heterocycles. The zero-order valence-electron chi connectivity index (χ0n) is 17.0. The number of anilines is 1. The van der Waals surface area contributed by atoms with E-state index in [1.807, 2.05) is 24.3 Å². The number of amides is 1. The summed E-state index contributed by atoms with van der Waals surface area (Å²) in [6.45, 7) is 3.57. The largest absolute Gasteiger partial charge is 0.447 e. The molecule has 1 aromatic heterocycles. The molecule has 4 rings (SSSR count). The van der Waals surface area contributed by atoms with Crippen LogP contribution < -0.4 is 5.32 Å². The van der Waals surface area contributed by atoms with Crippen molar-refractivity contribution in [1.29, 1.82) is 0 Å². The van der Waals surface area contributed by atoms with Gasteiger partial charge in [-0.05, 0) is 63.1 Å². The second kappa shape index (κ2) is 8.72. The molecule has 31 heavy (non-hydrogen) atoms. The van der Waals surface area contributed by atoms with E-state index in [4.69, 9.17) is 4.74 Å². The van der Waals surface area contributed by atoms with Crippen molar-refractivity contribution in [3.05, 3.63) is 53.1 Å². The highest BCUT2D eigenvalue weighted by atomic mass is 79.9. The second-order valence-corrected chi connectivity index (χ2v) is 11.7. The lowest BCUT2D eigenvalue weighted by molar-refractivity contribution is 0.130. The number of halogens is 1. The van der Waals surface area contributed by atoms with Crippen molar-refractivity contribution in [2.24, 2.45) is 0 Å². The normalized spacial score (nSPS) is 13.9. The predicted octanol–water partition coefficient (Wildman–Crippen LogP) is 6.13. The monoisotopic (exact) mass is 520 g/mol. The molecule has 1 aliphatic rings. The van der Waals surface area contributed by atoms with Gasteiger partial charge in [0.1, 0.15) is 5.01 Å². The van der Waals surface area contributed by atoms with E-state index in [1.165, 1.54) is 11.3 Å². The van der Waals surface area contributed by atoms with Crippen LogP contribution in [-0.4, -0.2) is 30.8 Å². The Balaban J connectivity index is 1.59. The fraction of sp³-hybridized carbons (Fsp3) is 0.273. The van der Waals surface area contributed by atoms with Crippen molar-refractivity contribution >= 4 is 48.9 Å². The molecule has 0 atom stereocenters. The van der Waals surface area contributed by atoms with Gasteiger partial charge in [0.05, 0.1) is 21.1 Å². The van der Waals surface area contributed by atoms with Gasteiger partial charge in [0.15, 0.2) is 9.84 Å². The summed E-state index contributed by atoms with van der Waals surface area (Å²) in [5.74, 6) is 0. The maximum Gasteiger partial charge on any atom is 0.411 e. The minimum Gasteiger partial charge on any atom is -0.447 e. The van der Waals surface area contributed by atoms with Gasteiger partial charge in [-0.15, -0.1) is 11.3 Å². The van der Waals surface area contributed by atoms with Gasteiger partial charge in [-0.1, -0.05) is 22.0 Å². The van der Waals surface area contributed by atoms with Crippen molar-refractivity contribution in [2.75, 3.05) is 5.32 Å². The maximum absolute atomic E-state index is 12.9. The van der Waals surface area contributed by atoms with Crippen molar-refractivity contribution in [3.8, 4) is 21.0 Å². The molecular formula is C22H21BrN2O4S2. The Hall–Kier alpha value is -2.23. The second-order valence-electron chi connectivity index (χ2n) is 7.57. The molecule has 2 aromatic carbocycles. The molecule has 3 aromatic rings. The lowest BCUT2D eigenvalue weighted by Crippen LogP contribution is -2.17. The zero-order chi connectivity index (χ0) is 22.2. The molecular weight excluding hydrogens is 500 g/mol. The first-order valence-corrected chi connectivity index (χ1v) is 13.0. The van der Waals surface area contributed by atoms with Gasteiger partial charge in [-0.25, -0.2) is 18.2 Å². The van der Waals surface area contributed by atoms with E-state index in [9.17, 15) is 13.2 Å². The van der Waals surface area contributed by atoms with Gasteiger partial charge in [0, 0.05) is 27.5 Å². The number of hydrogen-bond acceptors (Lipinski definition) is 6. The average Bonchev–Trinajstić information content (AvgIpc) is 3.47. The number of ether oxygens (including phenoxy) is 1. The number of hydrogen-bond donors (Lipinski definition) is 1. The van der Waals surface area contributed by atoms with Gasteiger partial charge in [0.25, 0.3) is 0 Å². The highest BCUT2D eigenvalue weighted by Gasteiger charge is 2.38. The number of nitrogens with zero attached hydrogens (tertiary/aromatic N) is 1. The Morgan fingerprint density at radius 2 is 1.90 bits per heavy atom. The molecule has 1 aliphatic carbocycles. The van der Waals surface area contributed by atoms with Gasteiger partial charge in [-0.3, -0.25) is 5.32 Å². The van der Waals surface area contributed by atoms with Crippen LogP contribution in [0.25, 0.3) is 21.0 Å². The first-order valence-electron chi connectivity index (χ1n) is 9.82. The number of aromatic nitrogens is 1. The smallest absolute Gasteiger partial charge is 0.411 e. The summed E-state index contributed by atoms with van der Waals surface area (Å²) in [6.07, 6.45) is 2.45. The van der Waals surface area contributed by atoms with E-state index in [0.717, 1.165) is 19.9 Å². The molecule has 1 saturated carbocycles. The van der Waals surface area contributed by atoms with Crippen molar-refractivity contribution in [1.82, 2.24) is 4.98 Å². The standard InChI is InChI=1S/C22H21BrN2O4S2/c1-13(2)29-22(26)25-16-6-3-14(4-7-16)21-24-12-19(30-21)18-10-5-15(23)11-20(18)31(27,28)17-8-9-17/h3-7,10-13,17H,8-9H2,1-2H3,(H,25,26). The van der Waals surface area contributed by atoms with E-state index < -0.39 is 15.9 Å².